The van der Waals surface area contributed by atoms with Gasteiger partial charge < -0.3 is 9.74 Å². The lowest BCUT2D eigenvalue weighted by Gasteiger charge is -2.25. The van der Waals surface area contributed by atoms with Gasteiger partial charge in [0.2, 0.25) is 0 Å². The van der Waals surface area contributed by atoms with Crippen molar-refractivity contribution in [2.75, 3.05) is 20.6 Å². The second-order valence-corrected chi connectivity index (χ2v) is 4.18. The van der Waals surface area contributed by atoms with Gasteiger partial charge in [-0.05, 0) is 31.9 Å². The molecule has 0 unspecified atom stereocenters. The fourth-order valence-corrected chi connectivity index (χ4v) is 1.52. The number of amides is 2. The largest absolute Gasteiger partial charge is 0.375 e. The highest BCUT2D eigenvalue weighted by atomic mass is 16.7. The first-order chi connectivity index (χ1) is 7.97. The summed E-state index contributed by atoms with van der Waals surface area (Å²) in [5.41, 5.74) is 2.05. The van der Waals surface area contributed by atoms with Crippen molar-refractivity contribution < 1.29 is 9.63 Å². The minimum absolute atomic E-state index is 0.157. The van der Waals surface area contributed by atoms with Gasteiger partial charge in [-0.3, -0.25) is 0 Å². The predicted molar refractivity (Wildman–Crippen MR) is 68.0 cm³/mol. The Kier molecular flexibility index (Phi) is 4.37. The number of hydrogen-bond donors (Lipinski definition) is 0. The number of urea groups is 1. The molecule has 0 aliphatic rings. The van der Waals surface area contributed by atoms with Crippen LogP contribution in [0.1, 0.15) is 18.1 Å². The van der Waals surface area contributed by atoms with E-state index in [0.717, 1.165) is 16.9 Å². The highest BCUT2D eigenvalue weighted by molar-refractivity contribution is 5.72. The lowest BCUT2D eigenvalue weighted by Crippen LogP contribution is -2.41. The predicted octanol–water partition coefficient (Wildman–Crippen LogP) is 2.60. The van der Waals surface area contributed by atoms with E-state index in [-0.39, 0.29) is 6.03 Å². The van der Waals surface area contributed by atoms with Crippen LogP contribution in [-0.2, 0) is 0 Å². The monoisotopic (exact) mass is 236 g/mol. The molecule has 94 valence electrons. The lowest BCUT2D eigenvalue weighted by atomic mass is 10.1. The van der Waals surface area contributed by atoms with Crippen molar-refractivity contribution in [3.05, 3.63) is 29.3 Å². The molecule has 0 atom stereocenters. The average molecular weight is 236 g/mol. The molecule has 1 aromatic carbocycles. The number of rotatable bonds is 3. The maximum Gasteiger partial charge on any atom is 0.352 e. The Morgan fingerprint density at radius 2 is 1.76 bits per heavy atom. The Morgan fingerprint density at radius 1 is 1.24 bits per heavy atom. The maximum absolute atomic E-state index is 11.8. The van der Waals surface area contributed by atoms with Crippen LogP contribution < -0.4 is 4.84 Å². The molecule has 2 amide bonds. The third-order valence-corrected chi connectivity index (χ3v) is 2.49. The Labute approximate surface area is 103 Å². The van der Waals surface area contributed by atoms with Crippen LogP contribution >= 0.6 is 0 Å². The minimum Gasteiger partial charge on any atom is -0.375 e. The normalized spacial score (nSPS) is 9.94. The molecule has 17 heavy (non-hydrogen) atoms. The van der Waals surface area contributed by atoms with Gasteiger partial charge in [-0.2, -0.15) is 5.06 Å². The molecular weight excluding hydrogens is 216 g/mol. The molecule has 0 fully saturated rings. The zero-order valence-corrected chi connectivity index (χ0v) is 11.2. The van der Waals surface area contributed by atoms with E-state index in [0.29, 0.717) is 6.54 Å². The van der Waals surface area contributed by atoms with Crippen LogP contribution in [0.3, 0.4) is 0 Å². The molecular formula is C13H20N2O2. The van der Waals surface area contributed by atoms with Gasteiger partial charge in [0.05, 0.1) is 6.54 Å². The number of benzene rings is 1. The summed E-state index contributed by atoms with van der Waals surface area (Å²) < 4.78 is 0. The molecule has 0 saturated heterocycles. The Hall–Kier alpha value is -1.71. The summed E-state index contributed by atoms with van der Waals surface area (Å²) in [6, 6.07) is 5.75. The molecule has 0 aliphatic carbocycles. The fraction of sp³-hybridized carbons (Fsp3) is 0.462. The zero-order chi connectivity index (χ0) is 13.0. The first-order valence-electron chi connectivity index (χ1n) is 5.70. The molecule has 0 saturated carbocycles. The highest BCUT2D eigenvalue weighted by Crippen LogP contribution is 2.23. The lowest BCUT2D eigenvalue weighted by molar-refractivity contribution is -0.0204. The minimum atomic E-state index is -0.157. The van der Waals surface area contributed by atoms with E-state index in [1.54, 1.807) is 14.1 Å². The van der Waals surface area contributed by atoms with Crippen molar-refractivity contribution in [2.45, 2.75) is 20.8 Å². The number of carbonyl (C=O) groups is 1. The van der Waals surface area contributed by atoms with Crippen molar-refractivity contribution in [3.8, 4) is 5.75 Å². The number of aryl methyl sites for hydroxylation is 2. The van der Waals surface area contributed by atoms with Crippen molar-refractivity contribution in [3.63, 3.8) is 0 Å². The zero-order valence-electron chi connectivity index (χ0n) is 11.2. The summed E-state index contributed by atoms with van der Waals surface area (Å²) in [6.45, 7) is 6.33. The first kappa shape index (κ1) is 13.4. The number of nitrogens with zero attached hydrogens (tertiary/aromatic N) is 2. The van der Waals surface area contributed by atoms with Crippen molar-refractivity contribution in [1.82, 2.24) is 9.96 Å². The van der Waals surface area contributed by atoms with Crippen molar-refractivity contribution >= 4 is 6.03 Å². The summed E-state index contributed by atoms with van der Waals surface area (Å²) in [7, 11) is 3.41. The van der Waals surface area contributed by atoms with Crippen LogP contribution in [0.15, 0.2) is 18.2 Å². The second-order valence-electron chi connectivity index (χ2n) is 4.18. The van der Waals surface area contributed by atoms with E-state index in [9.17, 15) is 4.79 Å². The molecule has 4 nitrogen and oxygen atoms in total. The van der Waals surface area contributed by atoms with E-state index in [4.69, 9.17) is 4.84 Å². The summed E-state index contributed by atoms with van der Waals surface area (Å²) in [6.07, 6.45) is 0. The summed E-state index contributed by atoms with van der Waals surface area (Å²) in [5.74, 6) is 0.754. The molecule has 0 radical (unpaired) electrons. The number of para-hydroxylation sites is 1. The molecule has 0 bridgehead atoms. The van der Waals surface area contributed by atoms with Gasteiger partial charge in [0.25, 0.3) is 0 Å². The van der Waals surface area contributed by atoms with Crippen LogP contribution in [0.25, 0.3) is 0 Å². The van der Waals surface area contributed by atoms with Gasteiger partial charge in [-0.1, -0.05) is 18.2 Å². The summed E-state index contributed by atoms with van der Waals surface area (Å²) in [4.78, 5) is 19.0. The standard InChI is InChI=1S/C13H20N2O2/c1-6-15(13(16)14(4)5)17-12-10(2)8-7-9-11(12)3/h7-9H,6H2,1-5H3. The third kappa shape index (κ3) is 3.12. The van der Waals surface area contributed by atoms with Gasteiger partial charge in [-0.15, -0.1) is 0 Å². The van der Waals surface area contributed by atoms with Gasteiger partial charge >= 0.3 is 6.03 Å². The average Bonchev–Trinajstić information content (AvgIpc) is 2.28. The molecule has 0 heterocycles. The van der Waals surface area contributed by atoms with Crippen LogP contribution in [0.4, 0.5) is 4.79 Å². The SMILES string of the molecule is CCN(Oc1c(C)cccc1C)C(=O)N(C)C. The van der Waals surface area contributed by atoms with E-state index in [2.05, 4.69) is 0 Å². The van der Waals surface area contributed by atoms with Crippen LogP contribution in [0.5, 0.6) is 5.75 Å². The van der Waals surface area contributed by atoms with Crippen molar-refractivity contribution in [2.24, 2.45) is 0 Å². The van der Waals surface area contributed by atoms with Gasteiger partial charge in [0.15, 0.2) is 5.75 Å². The van der Waals surface area contributed by atoms with Crippen LogP contribution in [0.2, 0.25) is 0 Å². The van der Waals surface area contributed by atoms with E-state index < -0.39 is 0 Å². The smallest absolute Gasteiger partial charge is 0.352 e. The Morgan fingerprint density at radius 3 is 2.18 bits per heavy atom. The van der Waals surface area contributed by atoms with E-state index >= 15 is 0 Å². The summed E-state index contributed by atoms with van der Waals surface area (Å²) >= 11 is 0. The molecule has 1 rings (SSSR count). The third-order valence-electron chi connectivity index (χ3n) is 2.49. The topological polar surface area (TPSA) is 32.8 Å². The van der Waals surface area contributed by atoms with Gasteiger partial charge in [0.1, 0.15) is 0 Å². The molecule has 0 aromatic heterocycles. The molecule has 0 aliphatic heterocycles. The number of hydroxylamine groups is 2. The number of hydrogen-bond acceptors (Lipinski definition) is 2. The summed E-state index contributed by atoms with van der Waals surface area (Å²) in [5, 5.41) is 1.36. The molecule has 0 spiro atoms. The maximum atomic E-state index is 11.8. The Bertz CT molecular complexity index is 382. The quantitative estimate of drug-likeness (QED) is 0.756. The van der Waals surface area contributed by atoms with Gasteiger partial charge in [-0.25, -0.2) is 4.79 Å². The highest BCUT2D eigenvalue weighted by Gasteiger charge is 2.17. The molecule has 4 heteroatoms. The Balaban J connectivity index is 2.92. The second kappa shape index (κ2) is 5.57. The fourth-order valence-electron chi connectivity index (χ4n) is 1.52. The van der Waals surface area contributed by atoms with E-state index in [1.807, 2.05) is 39.0 Å². The molecule has 1 aromatic rings. The van der Waals surface area contributed by atoms with Crippen molar-refractivity contribution in [1.29, 1.82) is 0 Å². The van der Waals surface area contributed by atoms with Crippen LogP contribution in [0, 0.1) is 13.8 Å². The number of carbonyl (C=O) groups excluding carboxylic acids is 1. The van der Waals surface area contributed by atoms with Gasteiger partial charge in [0, 0.05) is 14.1 Å². The molecule has 0 N–H and O–H groups in total. The first-order valence-corrected chi connectivity index (χ1v) is 5.70. The van der Waals surface area contributed by atoms with E-state index in [1.165, 1.54) is 9.96 Å². The van der Waals surface area contributed by atoms with Crippen LogP contribution in [-0.4, -0.2) is 36.6 Å².